The van der Waals surface area contributed by atoms with Crippen LogP contribution in [0.5, 0.6) is 0 Å². The number of para-hydroxylation sites is 1. The molecule has 3 aromatic rings. The van der Waals surface area contributed by atoms with E-state index < -0.39 is 7.14 Å². The largest absolute Gasteiger partial charge is 0.369 e. The number of halogens is 2. The van der Waals surface area contributed by atoms with Crippen molar-refractivity contribution in [3.05, 3.63) is 59.5 Å². The van der Waals surface area contributed by atoms with Gasteiger partial charge in [0, 0.05) is 30.1 Å². The number of piperidine rings is 1. The van der Waals surface area contributed by atoms with Crippen LogP contribution < -0.4 is 20.8 Å². The van der Waals surface area contributed by atoms with Gasteiger partial charge in [0.2, 0.25) is 5.95 Å². The molecule has 2 N–H and O–H groups in total. The lowest BCUT2D eigenvalue weighted by Crippen LogP contribution is -2.53. The molecular weight excluding hydrogens is 522 g/mol. The molecule has 0 atom stereocenters. The minimum Gasteiger partial charge on any atom is -0.369 e. The summed E-state index contributed by atoms with van der Waals surface area (Å²) in [6, 6.07) is 13.2. The second kappa shape index (κ2) is 10.5. The van der Waals surface area contributed by atoms with E-state index in [2.05, 4.69) is 44.5 Å². The minimum absolute atomic E-state index is 0.270. The van der Waals surface area contributed by atoms with E-state index in [0.717, 1.165) is 25.9 Å². The molecule has 38 heavy (non-hydrogen) atoms. The van der Waals surface area contributed by atoms with E-state index in [1.165, 1.54) is 25.1 Å². The Hall–Kier alpha value is -2.67. The van der Waals surface area contributed by atoms with Crippen LogP contribution in [-0.4, -0.2) is 61.4 Å². The molecule has 0 bridgehead atoms. The summed E-state index contributed by atoms with van der Waals surface area (Å²) in [4.78, 5) is 13.2. The molecule has 1 aromatic heterocycles. The van der Waals surface area contributed by atoms with Gasteiger partial charge in [-0.15, -0.1) is 0 Å². The van der Waals surface area contributed by atoms with Crippen molar-refractivity contribution in [2.45, 2.75) is 31.7 Å². The predicted octanol–water partition coefficient (Wildman–Crippen LogP) is 6.31. The van der Waals surface area contributed by atoms with Crippen molar-refractivity contribution < 1.29 is 8.96 Å². The van der Waals surface area contributed by atoms with E-state index in [1.807, 2.05) is 36.4 Å². The monoisotopic (exact) mass is 556 g/mol. The molecule has 7 nitrogen and oxygen atoms in total. The van der Waals surface area contributed by atoms with Gasteiger partial charge in [-0.05, 0) is 88.9 Å². The van der Waals surface area contributed by atoms with Crippen molar-refractivity contribution in [3.8, 4) is 0 Å². The highest BCUT2D eigenvalue weighted by Crippen LogP contribution is 2.51. The summed E-state index contributed by atoms with van der Waals surface area (Å²) in [5.74, 6) is 0.378. The number of hydrogen-bond donors (Lipinski definition) is 2. The van der Waals surface area contributed by atoms with Gasteiger partial charge in [0.25, 0.3) is 0 Å². The molecular formula is C28H35ClFN6OP. The average Bonchev–Trinajstić information content (AvgIpc) is 2.84. The van der Waals surface area contributed by atoms with E-state index in [1.54, 1.807) is 13.3 Å². The molecule has 1 aliphatic heterocycles. The third kappa shape index (κ3) is 5.68. The smallest absolute Gasteiger partial charge is 0.229 e. The summed E-state index contributed by atoms with van der Waals surface area (Å²) in [5.41, 5.74) is 2.29. The van der Waals surface area contributed by atoms with Crippen LogP contribution in [0.1, 0.15) is 25.7 Å². The predicted molar refractivity (Wildman–Crippen MR) is 156 cm³/mol. The number of rotatable bonds is 7. The fraction of sp³-hybridized carbons (Fsp3) is 0.429. The van der Waals surface area contributed by atoms with Gasteiger partial charge in [-0.3, -0.25) is 0 Å². The number of benzene rings is 2. The summed E-state index contributed by atoms with van der Waals surface area (Å²) >= 11 is 6.35. The number of aromatic nitrogens is 2. The van der Waals surface area contributed by atoms with Crippen LogP contribution in [0.15, 0.2) is 48.7 Å². The molecule has 2 aliphatic rings. The van der Waals surface area contributed by atoms with Crippen molar-refractivity contribution >= 4 is 52.9 Å². The molecule has 1 saturated carbocycles. The summed E-state index contributed by atoms with van der Waals surface area (Å²) < 4.78 is 27.9. The van der Waals surface area contributed by atoms with Crippen molar-refractivity contribution in [2.24, 2.45) is 5.41 Å². The van der Waals surface area contributed by atoms with E-state index in [9.17, 15) is 4.57 Å². The maximum Gasteiger partial charge on any atom is 0.229 e. The quantitative estimate of drug-likeness (QED) is 0.330. The van der Waals surface area contributed by atoms with E-state index in [0.29, 0.717) is 44.7 Å². The van der Waals surface area contributed by atoms with Crippen molar-refractivity contribution in [1.29, 1.82) is 0 Å². The summed E-state index contributed by atoms with van der Waals surface area (Å²) in [6.45, 7) is 5.19. The molecule has 5 rings (SSSR count). The van der Waals surface area contributed by atoms with Gasteiger partial charge >= 0.3 is 0 Å². The van der Waals surface area contributed by atoms with Gasteiger partial charge in [0.05, 0.1) is 17.6 Å². The fourth-order valence-corrected chi connectivity index (χ4v) is 6.89. The third-order valence-electron chi connectivity index (χ3n) is 7.92. The molecule has 2 fully saturated rings. The highest BCUT2D eigenvalue weighted by molar-refractivity contribution is 7.70. The molecule has 1 saturated heterocycles. The van der Waals surface area contributed by atoms with E-state index in [4.69, 9.17) is 11.6 Å². The Kier molecular flexibility index (Phi) is 7.42. The van der Waals surface area contributed by atoms with Crippen molar-refractivity contribution in [2.75, 3.05) is 56.0 Å². The Morgan fingerprint density at radius 1 is 1.11 bits per heavy atom. The lowest BCUT2D eigenvalue weighted by Gasteiger charge is -2.54. The minimum atomic E-state index is -2.52. The second-order valence-corrected chi connectivity index (χ2v) is 14.8. The number of anilines is 5. The zero-order valence-corrected chi connectivity index (χ0v) is 24.0. The first kappa shape index (κ1) is 26.9. The zero-order valence-electron chi connectivity index (χ0n) is 22.3. The van der Waals surface area contributed by atoms with Crippen LogP contribution in [-0.2, 0) is 4.57 Å². The van der Waals surface area contributed by atoms with Crippen LogP contribution in [0.25, 0.3) is 0 Å². The fourth-order valence-electron chi connectivity index (χ4n) is 5.60. The second-order valence-electron chi connectivity index (χ2n) is 11.2. The molecule has 0 unspecified atom stereocenters. The first-order valence-electron chi connectivity index (χ1n) is 13.0. The SMILES string of the molecule is CN(C)C1CC2(CCN(c3ccc(Nc4ncc(Cl)c(Nc5ccccc5P(C)(C)=O)n4)cc3F)CC2)C1. The molecule has 2 aromatic carbocycles. The van der Waals surface area contributed by atoms with Gasteiger partial charge in [-0.1, -0.05) is 23.7 Å². The molecule has 2 heterocycles. The summed E-state index contributed by atoms with van der Waals surface area (Å²) in [7, 11) is 1.78. The van der Waals surface area contributed by atoms with Crippen molar-refractivity contribution in [1.82, 2.24) is 14.9 Å². The van der Waals surface area contributed by atoms with Crippen LogP contribution in [0, 0.1) is 11.2 Å². The number of hydrogen-bond acceptors (Lipinski definition) is 7. The topological polar surface area (TPSA) is 73.4 Å². The summed E-state index contributed by atoms with van der Waals surface area (Å²) in [6.07, 6.45) is 6.20. The standard InChI is InChI=1S/C28H35ClFN6OP/c1-35(2)20-16-28(17-20)11-13-36(14-12-28)24-10-9-19(15-22(24)30)32-27-31-18-21(29)26(34-27)33-23-7-5-6-8-25(23)38(3,4)37/h5-10,15,18,20H,11-14,16-17H2,1-4H3,(H2,31,32,33,34). The normalized spacial score (nSPS) is 17.5. The van der Waals surface area contributed by atoms with Crippen LogP contribution in [0.3, 0.4) is 0 Å². The highest BCUT2D eigenvalue weighted by Gasteiger charge is 2.46. The number of nitrogens with one attached hydrogen (secondary N) is 2. The van der Waals surface area contributed by atoms with E-state index >= 15 is 4.39 Å². The Morgan fingerprint density at radius 2 is 1.82 bits per heavy atom. The molecule has 202 valence electrons. The Balaban J connectivity index is 1.26. The third-order valence-corrected chi connectivity index (χ3v) is 9.74. The average molecular weight is 557 g/mol. The molecule has 0 amide bonds. The van der Waals surface area contributed by atoms with Gasteiger partial charge in [0.15, 0.2) is 5.82 Å². The Bertz CT molecular complexity index is 1360. The van der Waals surface area contributed by atoms with Crippen LogP contribution in [0.2, 0.25) is 5.02 Å². The molecule has 1 spiro atoms. The zero-order chi connectivity index (χ0) is 27.1. The first-order valence-corrected chi connectivity index (χ1v) is 15.9. The number of nitrogens with zero attached hydrogens (tertiary/aromatic N) is 4. The lowest BCUT2D eigenvalue weighted by atomic mass is 9.60. The van der Waals surface area contributed by atoms with Gasteiger partial charge < -0.3 is 25.0 Å². The molecule has 0 radical (unpaired) electrons. The Labute approximate surface area is 229 Å². The maximum atomic E-state index is 15.2. The molecule has 1 aliphatic carbocycles. The first-order chi connectivity index (χ1) is 18.0. The Morgan fingerprint density at radius 3 is 2.47 bits per heavy atom. The van der Waals surface area contributed by atoms with Crippen LogP contribution >= 0.6 is 18.7 Å². The maximum absolute atomic E-state index is 15.2. The van der Waals surface area contributed by atoms with Gasteiger partial charge in [0.1, 0.15) is 18.0 Å². The van der Waals surface area contributed by atoms with Crippen molar-refractivity contribution in [3.63, 3.8) is 0 Å². The van der Waals surface area contributed by atoms with Gasteiger partial charge in [-0.25, -0.2) is 9.37 Å². The highest BCUT2D eigenvalue weighted by atomic mass is 35.5. The van der Waals surface area contributed by atoms with Crippen LogP contribution in [0.4, 0.5) is 33.2 Å². The van der Waals surface area contributed by atoms with Gasteiger partial charge in [-0.2, -0.15) is 4.98 Å². The summed E-state index contributed by atoms with van der Waals surface area (Å²) in [5, 5.41) is 7.29. The molecule has 10 heteroatoms. The van der Waals surface area contributed by atoms with E-state index in [-0.39, 0.29) is 11.8 Å². The lowest BCUT2D eigenvalue weighted by molar-refractivity contribution is 0.00482.